The fraction of sp³-hybridized carbons (Fsp3) is 0.450. The maximum absolute atomic E-state index is 14.9. The van der Waals surface area contributed by atoms with E-state index in [0.29, 0.717) is 5.56 Å². The number of urea groups is 1. The van der Waals surface area contributed by atoms with E-state index in [1.165, 1.54) is 13.0 Å². The first kappa shape index (κ1) is 25.7. The number of rotatable bonds is 7. The van der Waals surface area contributed by atoms with Gasteiger partial charge in [0.05, 0.1) is 24.1 Å². The molecule has 0 fully saturated rings. The molecule has 0 radical (unpaired) electrons. The van der Waals surface area contributed by atoms with E-state index in [4.69, 9.17) is 4.78 Å². The van der Waals surface area contributed by atoms with Crippen LogP contribution in [-0.2, 0) is 15.5 Å². The van der Waals surface area contributed by atoms with Crippen LogP contribution in [-0.4, -0.2) is 32.0 Å². The molecule has 1 heterocycles. The van der Waals surface area contributed by atoms with Gasteiger partial charge in [-0.1, -0.05) is 27.7 Å². The van der Waals surface area contributed by atoms with Crippen LogP contribution in [0.15, 0.2) is 16.5 Å². The smallest absolute Gasteiger partial charge is 0.331 e. The summed E-state index contributed by atoms with van der Waals surface area (Å²) < 4.78 is 37.7. The third kappa shape index (κ3) is 5.24. The minimum absolute atomic E-state index is 0.0375. The highest BCUT2D eigenvalue weighted by Gasteiger charge is 2.29. The van der Waals surface area contributed by atoms with Gasteiger partial charge < -0.3 is 15.5 Å². The standard InChI is InChI=1S/C20H26FN5O4S2/c1-10(2)13-6-12(7-22)16(21)15(11(3)4)17(13)25-19(28)26-32(23,30)14-8-24-18(31-14)20(5,29)9-27/h6,8,10-11,27,29H,9H2,1-5H3,(H3,23,25,26,28,30)/t20-,32?/m0/s1. The molecule has 32 heavy (non-hydrogen) atoms. The monoisotopic (exact) mass is 483 g/mol. The molecule has 12 heteroatoms. The number of halogens is 1. The van der Waals surface area contributed by atoms with E-state index < -0.39 is 34.0 Å². The molecule has 0 bridgehead atoms. The fourth-order valence-electron chi connectivity index (χ4n) is 2.95. The summed E-state index contributed by atoms with van der Waals surface area (Å²) in [6.07, 6.45) is 1.08. The van der Waals surface area contributed by atoms with Gasteiger partial charge in [0.1, 0.15) is 26.7 Å². The lowest BCUT2D eigenvalue weighted by atomic mass is 9.90. The van der Waals surface area contributed by atoms with E-state index in [1.54, 1.807) is 13.8 Å². The zero-order valence-corrected chi connectivity index (χ0v) is 19.9. The molecule has 0 saturated heterocycles. The van der Waals surface area contributed by atoms with Crippen molar-refractivity contribution in [1.82, 2.24) is 9.71 Å². The summed E-state index contributed by atoms with van der Waals surface area (Å²) in [5.74, 6) is -1.28. The van der Waals surface area contributed by atoms with Crippen LogP contribution in [0.2, 0.25) is 0 Å². The molecule has 0 saturated carbocycles. The first-order chi connectivity index (χ1) is 14.7. The van der Waals surface area contributed by atoms with Gasteiger partial charge in [0.15, 0.2) is 9.92 Å². The van der Waals surface area contributed by atoms with E-state index >= 15 is 0 Å². The van der Waals surface area contributed by atoms with E-state index in [1.807, 2.05) is 19.9 Å². The molecular weight excluding hydrogens is 457 g/mol. The van der Waals surface area contributed by atoms with E-state index in [2.05, 4.69) is 15.0 Å². The average molecular weight is 484 g/mol. The van der Waals surface area contributed by atoms with Crippen LogP contribution in [0.5, 0.6) is 0 Å². The first-order valence-corrected chi connectivity index (χ1v) is 12.1. The quantitative estimate of drug-likeness (QED) is 0.403. The minimum Gasteiger partial charge on any atom is -0.393 e. The van der Waals surface area contributed by atoms with Gasteiger partial charge >= 0.3 is 6.03 Å². The predicted molar refractivity (Wildman–Crippen MR) is 119 cm³/mol. The van der Waals surface area contributed by atoms with E-state index in [0.717, 1.165) is 17.5 Å². The summed E-state index contributed by atoms with van der Waals surface area (Å²) in [7, 11) is -3.86. The van der Waals surface area contributed by atoms with Crippen LogP contribution in [0.4, 0.5) is 14.9 Å². The number of hydrogen-bond acceptors (Lipinski definition) is 8. The second-order valence-electron chi connectivity index (χ2n) is 8.07. The molecule has 0 spiro atoms. The van der Waals surface area contributed by atoms with Gasteiger partial charge in [-0.05, 0) is 30.4 Å². The third-order valence-corrected chi connectivity index (χ3v) is 7.81. The summed E-state index contributed by atoms with van der Waals surface area (Å²) in [6, 6.07) is 2.19. The number of aliphatic hydroxyl groups excluding tert-OH is 1. The molecule has 2 atom stereocenters. The first-order valence-electron chi connectivity index (χ1n) is 9.68. The molecule has 174 valence electrons. The van der Waals surface area contributed by atoms with Crippen LogP contribution in [0, 0.1) is 21.9 Å². The van der Waals surface area contributed by atoms with Gasteiger partial charge in [-0.3, -0.25) is 0 Å². The number of aliphatic hydroxyl groups is 2. The summed E-state index contributed by atoms with van der Waals surface area (Å²) in [4.78, 5) is 16.5. The lowest BCUT2D eigenvalue weighted by Crippen LogP contribution is -2.34. The zero-order chi connectivity index (χ0) is 24.4. The fourth-order valence-corrected chi connectivity index (χ4v) is 5.08. The van der Waals surface area contributed by atoms with Crippen molar-refractivity contribution in [2.45, 2.75) is 56.3 Å². The summed E-state index contributed by atoms with van der Waals surface area (Å²) >= 11 is 0.720. The van der Waals surface area contributed by atoms with Gasteiger partial charge in [-0.2, -0.15) is 5.26 Å². The zero-order valence-electron chi connectivity index (χ0n) is 18.3. The Morgan fingerprint density at radius 1 is 1.41 bits per heavy atom. The number of nitrogens with zero attached hydrogens (tertiary/aromatic N) is 2. The summed E-state index contributed by atoms with van der Waals surface area (Å²) in [6.45, 7) is 7.75. The SMILES string of the molecule is CC(C)c1cc(C#N)c(F)c(C(C)C)c1NC(=O)NS(=N)(=O)c1cnc([C@@](C)(O)CO)s1. The average Bonchev–Trinajstić information content (AvgIpc) is 3.19. The van der Waals surface area contributed by atoms with Crippen molar-refractivity contribution in [2.75, 3.05) is 11.9 Å². The lowest BCUT2D eigenvalue weighted by molar-refractivity contribution is -0.00244. The highest BCUT2D eigenvalue weighted by Crippen LogP contribution is 2.36. The number of carbonyl (C=O) groups is 1. The Kier molecular flexibility index (Phi) is 7.62. The molecule has 2 aromatic rings. The molecule has 0 aliphatic heterocycles. The van der Waals surface area contributed by atoms with Gasteiger partial charge in [0, 0.05) is 5.56 Å². The third-order valence-electron chi connectivity index (χ3n) is 4.66. The van der Waals surface area contributed by atoms with Crippen LogP contribution in [0.3, 0.4) is 0 Å². The number of amides is 2. The number of nitriles is 1. The number of nitrogens with one attached hydrogen (secondary N) is 3. The number of carbonyl (C=O) groups excluding carboxylic acids is 1. The molecule has 0 aliphatic carbocycles. The second kappa shape index (κ2) is 9.50. The Bertz CT molecular complexity index is 1170. The second-order valence-corrected chi connectivity index (χ2v) is 11.1. The number of thiazole rings is 1. The summed E-state index contributed by atoms with van der Waals surface area (Å²) in [5, 5.41) is 31.1. The van der Waals surface area contributed by atoms with Crippen LogP contribution in [0.25, 0.3) is 0 Å². The van der Waals surface area contributed by atoms with Crippen LogP contribution >= 0.6 is 11.3 Å². The van der Waals surface area contributed by atoms with Gasteiger partial charge in [-0.15, -0.1) is 11.3 Å². The van der Waals surface area contributed by atoms with Crippen molar-refractivity contribution >= 4 is 33.0 Å². The van der Waals surface area contributed by atoms with Crippen molar-refractivity contribution in [3.8, 4) is 6.07 Å². The number of aromatic nitrogens is 1. The largest absolute Gasteiger partial charge is 0.393 e. The molecule has 0 aliphatic rings. The van der Waals surface area contributed by atoms with Crippen molar-refractivity contribution in [3.05, 3.63) is 39.8 Å². The Hall–Kier alpha value is -2.59. The Morgan fingerprint density at radius 2 is 2.03 bits per heavy atom. The Balaban J connectivity index is 2.41. The van der Waals surface area contributed by atoms with Crippen molar-refractivity contribution < 1.29 is 23.6 Å². The molecule has 1 aromatic heterocycles. The van der Waals surface area contributed by atoms with Crippen LogP contribution in [0.1, 0.15) is 68.2 Å². The highest BCUT2D eigenvalue weighted by molar-refractivity contribution is 7.93. The summed E-state index contributed by atoms with van der Waals surface area (Å²) in [5.41, 5.74) is -0.997. The topological polar surface area (TPSA) is 159 Å². The number of anilines is 1. The van der Waals surface area contributed by atoms with Crippen molar-refractivity contribution in [1.29, 1.82) is 10.0 Å². The molecule has 9 nitrogen and oxygen atoms in total. The molecule has 2 rings (SSSR count). The lowest BCUT2D eigenvalue weighted by Gasteiger charge is -2.22. The van der Waals surface area contributed by atoms with E-state index in [9.17, 15) is 28.9 Å². The Morgan fingerprint density at radius 3 is 2.53 bits per heavy atom. The minimum atomic E-state index is -3.86. The Labute approximate surface area is 190 Å². The molecule has 1 aromatic carbocycles. The number of hydrogen-bond donors (Lipinski definition) is 5. The normalized spacial score (nSPS) is 15.2. The van der Waals surface area contributed by atoms with Crippen molar-refractivity contribution in [3.63, 3.8) is 0 Å². The molecule has 2 amide bonds. The molecular formula is C20H26FN5O4S2. The molecule has 1 unspecified atom stereocenters. The highest BCUT2D eigenvalue weighted by atomic mass is 32.2. The van der Waals surface area contributed by atoms with Gasteiger partial charge in [-0.25, -0.2) is 27.9 Å². The predicted octanol–water partition coefficient (Wildman–Crippen LogP) is 3.74. The van der Waals surface area contributed by atoms with Crippen LogP contribution < -0.4 is 10.0 Å². The van der Waals surface area contributed by atoms with Gasteiger partial charge in [0.25, 0.3) is 0 Å². The number of benzene rings is 1. The maximum Gasteiger partial charge on any atom is 0.331 e. The van der Waals surface area contributed by atoms with Crippen molar-refractivity contribution in [2.24, 2.45) is 0 Å². The van der Waals surface area contributed by atoms with E-state index in [-0.39, 0.29) is 37.9 Å². The molecule has 5 N–H and O–H groups in total. The van der Waals surface area contributed by atoms with Gasteiger partial charge in [0.2, 0.25) is 0 Å². The maximum atomic E-state index is 14.9.